The van der Waals surface area contributed by atoms with E-state index in [0.29, 0.717) is 6.54 Å². The molecule has 0 radical (unpaired) electrons. The maximum Gasteiger partial charge on any atom is 0.326 e. The van der Waals surface area contributed by atoms with E-state index < -0.39 is 0 Å². The van der Waals surface area contributed by atoms with Crippen LogP contribution in [0.25, 0.3) is 33.4 Å². The van der Waals surface area contributed by atoms with Crippen LogP contribution in [0.2, 0.25) is 5.02 Å². The molecule has 152 valence electrons. The summed E-state index contributed by atoms with van der Waals surface area (Å²) >= 11 is 5.97. The van der Waals surface area contributed by atoms with E-state index >= 15 is 0 Å². The molecule has 1 aliphatic rings. The van der Waals surface area contributed by atoms with Crippen LogP contribution in [-0.4, -0.2) is 39.1 Å². The number of imidazole rings is 1. The number of fused-ring (bicyclic) bond motifs is 1. The van der Waals surface area contributed by atoms with Gasteiger partial charge in [-0.05, 0) is 61.8 Å². The first kappa shape index (κ1) is 19.1. The van der Waals surface area contributed by atoms with Crippen molar-refractivity contribution in [3.05, 3.63) is 76.3 Å². The summed E-state index contributed by atoms with van der Waals surface area (Å²) in [4.78, 5) is 22.5. The molecule has 0 amide bonds. The molecular formula is C24H23ClN4O. The number of likely N-dealkylation sites (tertiary alicyclic amines) is 1. The Balaban J connectivity index is 1.39. The van der Waals surface area contributed by atoms with E-state index in [9.17, 15) is 4.79 Å². The fourth-order valence-electron chi connectivity index (χ4n) is 4.17. The van der Waals surface area contributed by atoms with E-state index in [4.69, 9.17) is 11.6 Å². The van der Waals surface area contributed by atoms with Crippen LogP contribution in [0, 0.1) is 0 Å². The van der Waals surface area contributed by atoms with Gasteiger partial charge in [-0.25, -0.2) is 4.79 Å². The van der Waals surface area contributed by atoms with Crippen LogP contribution < -0.4 is 5.69 Å². The lowest BCUT2D eigenvalue weighted by Crippen LogP contribution is -2.28. The largest absolute Gasteiger partial charge is 0.326 e. The highest BCUT2D eigenvalue weighted by Gasteiger charge is 2.14. The number of rotatable bonds is 5. The van der Waals surface area contributed by atoms with Crippen molar-refractivity contribution in [2.75, 3.05) is 19.6 Å². The third-order valence-electron chi connectivity index (χ3n) is 5.85. The Bertz CT molecular complexity index is 1220. The molecule has 0 bridgehead atoms. The van der Waals surface area contributed by atoms with Crippen LogP contribution in [0.3, 0.4) is 0 Å². The Hall–Kier alpha value is -2.89. The number of aromatic nitrogens is 3. The number of aromatic amines is 1. The summed E-state index contributed by atoms with van der Waals surface area (Å²) in [6.45, 7) is 3.91. The molecule has 3 heterocycles. The van der Waals surface area contributed by atoms with Gasteiger partial charge in [0.2, 0.25) is 0 Å². The van der Waals surface area contributed by atoms with Crippen LogP contribution in [0.1, 0.15) is 12.8 Å². The minimum absolute atomic E-state index is 0.0487. The number of pyridine rings is 1. The van der Waals surface area contributed by atoms with Crippen molar-refractivity contribution < 1.29 is 0 Å². The molecule has 0 unspecified atom stereocenters. The maximum absolute atomic E-state index is 12.5. The second kappa shape index (κ2) is 8.09. The SMILES string of the molecule is O=c1[nH]c2cc(-c3ccc(-c4ccc(Cl)cc4)cn3)ccc2n1CCN1CCCC1. The normalized spacial score (nSPS) is 14.6. The summed E-state index contributed by atoms with van der Waals surface area (Å²) in [7, 11) is 0. The highest BCUT2D eigenvalue weighted by Crippen LogP contribution is 2.25. The van der Waals surface area contributed by atoms with Gasteiger partial charge >= 0.3 is 5.69 Å². The zero-order valence-corrected chi connectivity index (χ0v) is 17.4. The van der Waals surface area contributed by atoms with Gasteiger partial charge in [-0.2, -0.15) is 0 Å². The van der Waals surface area contributed by atoms with E-state index in [2.05, 4.69) is 20.9 Å². The average Bonchev–Trinajstić information content (AvgIpc) is 3.39. The number of hydrogen-bond donors (Lipinski definition) is 1. The van der Waals surface area contributed by atoms with E-state index in [-0.39, 0.29) is 5.69 Å². The molecule has 2 aromatic heterocycles. The molecule has 1 saturated heterocycles. The number of benzene rings is 2. The van der Waals surface area contributed by atoms with Crippen LogP contribution >= 0.6 is 11.6 Å². The second-order valence-electron chi connectivity index (χ2n) is 7.80. The topological polar surface area (TPSA) is 53.9 Å². The van der Waals surface area contributed by atoms with E-state index in [1.165, 1.54) is 12.8 Å². The molecule has 4 aromatic rings. The van der Waals surface area contributed by atoms with Crippen LogP contribution in [0.15, 0.2) is 65.6 Å². The van der Waals surface area contributed by atoms with Crippen molar-refractivity contribution >= 4 is 22.6 Å². The number of H-pyrrole nitrogens is 1. The van der Waals surface area contributed by atoms with Crippen LogP contribution in [0.5, 0.6) is 0 Å². The Labute approximate surface area is 179 Å². The van der Waals surface area contributed by atoms with Gasteiger partial charge in [0.1, 0.15) is 0 Å². The first-order valence-electron chi connectivity index (χ1n) is 10.3. The van der Waals surface area contributed by atoms with Gasteiger partial charge in [-0.1, -0.05) is 35.9 Å². The van der Waals surface area contributed by atoms with Gasteiger partial charge in [0.15, 0.2) is 0 Å². The van der Waals surface area contributed by atoms with Gasteiger partial charge in [0.25, 0.3) is 0 Å². The second-order valence-corrected chi connectivity index (χ2v) is 8.24. The lowest BCUT2D eigenvalue weighted by molar-refractivity contribution is 0.322. The van der Waals surface area contributed by atoms with Gasteiger partial charge < -0.3 is 9.88 Å². The third kappa shape index (κ3) is 3.78. The number of hydrogen-bond acceptors (Lipinski definition) is 3. The molecule has 1 fully saturated rings. The van der Waals surface area contributed by atoms with E-state index in [1.54, 1.807) is 0 Å². The standard InChI is InChI=1S/C24H23ClN4O/c25-20-7-3-17(4-8-20)19-5-9-21(26-16-19)18-6-10-23-22(15-18)27-24(30)29(23)14-13-28-11-1-2-12-28/h3-10,15-16H,1-2,11-14H2,(H,27,30). The Morgan fingerprint density at radius 2 is 1.63 bits per heavy atom. The van der Waals surface area contributed by atoms with Gasteiger partial charge in [0, 0.05) is 35.4 Å². The summed E-state index contributed by atoms with van der Waals surface area (Å²) in [6.07, 6.45) is 4.39. The summed E-state index contributed by atoms with van der Waals surface area (Å²) in [5.74, 6) is 0. The zero-order chi connectivity index (χ0) is 20.5. The van der Waals surface area contributed by atoms with E-state index in [0.717, 1.165) is 58.1 Å². The minimum Gasteiger partial charge on any atom is -0.306 e. The van der Waals surface area contributed by atoms with Gasteiger partial charge in [0.05, 0.1) is 16.7 Å². The Kier molecular flexibility index (Phi) is 5.15. The van der Waals surface area contributed by atoms with Crippen molar-refractivity contribution in [1.82, 2.24) is 19.4 Å². The first-order valence-corrected chi connectivity index (χ1v) is 10.7. The lowest BCUT2D eigenvalue weighted by atomic mass is 10.1. The first-order chi connectivity index (χ1) is 14.7. The predicted octanol–water partition coefficient (Wildman–Crippen LogP) is 4.81. The molecule has 5 nitrogen and oxygen atoms in total. The highest BCUT2D eigenvalue weighted by atomic mass is 35.5. The Morgan fingerprint density at radius 1 is 0.900 bits per heavy atom. The van der Waals surface area contributed by atoms with Crippen molar-refractivity contribution in [1.29, 1.82) is 0 Å². The van der Waals surface area contributed by atoms with Crippen LogP contribution in [0.4, 0.5) is 0 Å². The monoisotopic (exact) mass is 418 g/mol. The summed E-state index contributed by atoms with van der Waals surface area (Å²) in [5.41, 5.74) is 5.72. The zero-order valence-electron chi connectivity index (χ0n) is 16.6. The molecule has 0 saturated carbocycles. The van der Waals surface area contributed by atoms with Crippen molar-refractivity contribution in [3.63, 3.8) is 0 Å². The fourth-order valence-corrected chi connectivity index (χ4v) is 4.30. The van der Waals surface area contributed by atoms with Gasteiger partial charge in [-0.3, -0.25) is 9.55 Å². The third-order valence-corrected chi connectivity index (χ3v) is 6.10. The molecular weight excluding hydrogens is 396 g/mol. The van der Waals surface area contributed by atoms with Crippen molar-refractivity contribution in [2.24, 2.45) is 0 Å². The quantitative estimate of drug-likeness (QED) is 0.506. The molecule has 2 aromatic carbocycles. The minimum atomic E-state index is -0.0487. The molecule has 30 heavy (non-hydrogen) atoms. The molecule has 1 aliphatic heterocycles. The number of halogens is 1. The van der Waals surface area contributed by atoms with Crippen molar-refractivity contribution in [3.8, 4) is 22.4 Å². The average molecular weight is 419 g/mol. The Morgan fingerprint density at radius 3 is 2.37 bits per heavy atom. The number of nitrogens with zero attached hydrogens (tertiary/aromatic N) is 3. The molecule has 5 rings (SSSR count). The highest BCUT2D eigenvalue weighted by molar-refractivity contribution is 6.30. The summed E-state index contributed by atoms with van der Waals surface area (Å²) < 4.78 is 1.84. The van der Waals surface area contributed by atoms with Gasteiger partial charge in [-0.15, -0.1) is 0 Å². The van der Waals surface area contributed by atoms with Crippen molar-refractivity contribution in [2.45, 2.75) is 19.4 Å². The number of nitrogens with one attached hydrogen (secondary N) is 1. The maximum atomic E-state index is 12.5. The molecule has 6 heteroatoms. The molecule has 0 atom stereocenters. The molecule has 1 N–H and O–H groups in total. The summed E-state index contributed by atoms with van der Waals surface area (Å²) in [6, 6.07) is 17.8. The fraction of sp³-hybridized carbons (Fsp3) is 0.250. The summed E-state index contributed by atoms with van der Waals surface area (Å²) in [5, 5.41) is 0.720. The molecule has 0 aliphatic carbocycles. The predicted molar refractivity (Wildman–Crippen MR) is 122 cm³/mol. The lowest BCUT2D eigenvalue weighted by Gasteiger charge is -2.14. The molecule has 0 spiro atoms. The smallest absolute Gasteiger partial charge is 0.306 e. The van der Waals surface area contributed by atoms with E-state index in [1.807, 2.05) is 59.3 Å². The van der Waals surface area contributed by atoms with Crippen LogP contribution in [-0.2, 0) is 6.54 Å².